The van der Waals surface area contributed by atoms with Crippen LogP contribution < -0.4 is 5.32 Å². The van der Waals surface area contributed by atoms with Gasteiger partial charge in [-0.25, -0.2) is 0 Å². The molecule has 0 bridgehead atoms. The Morgan fingerprint density at radius 3 is 2.72 bits per heavy atom. The summed E-state index contributed by atoms with van der Waals surface area (Å²) in [4.78, 5) is 2.79. The van der Waals surface area contributed by atoms with Gasteiger partial charge in [0.15, 0.2) is 0 Å². The van der Waals surface area contributed by atoms with Crippen LogP contribution in [0.5, 0.6) is 0 Å². The lowest BCUT2D eigenvalue weighted by atomic mass is 10.3. The van der Waals surface area contributed by atoms with Gasteiger partial charge in [0.25, 0.3) is 0 Å². The minimum Gasteiger partial charge on any atom is -0.342 e. The maximum atomic E-state index is 8.88. The van der Waals surface area contributed by atoms with E-state index in [0.717, 1.165) is 25.1 Å². The molecule has 0 saturated carbocycles. The van der Waals surface area contributed by atoms with Crippen LogP contribution in [0.3, 0.4) is 0 Å². The lowest BCUT2D eigenvalue weighted by Crippen LogP contribution is -2.11. The molecule has 0 saturated heterocycles. The molecule has 2 aromatic heterocycles. The molecule has 0 aromatic carbocycles. The minimum atomic E-state index is 0.705. The number of rotatable bonds is 5. The Morgan fingerprint density at radius 1 is 1.33 bits per heavy atom. The average molecular weight is 259 g/mol. The molecule has 2 rings (SSSR count). The van der Waals surface area contributed by atoms with Gasteiger partial charge in [0.2, 0.25) is 0 Å². The first kappa shape index (κ1) is 12.9. The molecule has 18 heavy (non-hydrogen) atoms. The molecule has 0 atom stereocenters. The van der Waals surface area contributed by atoms with E-state index in [4.69, 9.17) is 5.26 Å². The molecule has 0 spiro atoms. The van der Waals surface area contributed by atoms with Gasteiger partial charge >= 0.3 is 0 Å². The quantitative estimate of drug-likeness (QED) is 0.897. The Hall–Kier alpha value is -1.57. The van der Waals surface area contributed by atoms with Crippen LogP contribution in [0.2, 0.25) is 0 Å². The number of hydrogen-bond acceptors (Lipinski definition) is 3. The molecule has 94 valence electrons. The maximum absolute atomic E-state index is 8.88. The lowest BCUT2D eigenvalue weighted by Gasteiger charge is -2.00. The van der Waals surface area contributed by atoms with Crippen LogP contribution in [0.15, 0.2) is 24.4 Å². The summed E-state index contributed by atoms with van der Waals surface area (Å²) in [6.07, 6.45) is 3.10. The number of nitrogens with zero attached hydrogens (tertiary/aromatic N) is 2. The molecule has 4 heteroatoms. The van der Waals surface area contributed by atoms with Gasteiger partial charge in [0.05, 0.1) is 0 Å². The van der Waals surface area contributed by atoms with Gasteiger partial charge in [-0.2, -0.15) is 5.26 Å². The van der Waals surface area contributed by atoms with E-state index < -0.39 is 0 Å². The highest BCUT2D eigenvalue weighted by Gasteiger charge is 2.02. The summed E-state index contributed by atoms with van der Waals surface area (Å²) >= 11 is 1.86. The predicted molar refractivity (Wildman–Crippen MR) is 74.4 cm³/mol. The second-order valence-corrected chi connectivity index (χ2v) is 5.53. The third-order valence-corrected chi connectivity index (χ3v) is 4.10. The molecule has 0 radical (unpaired) electrons. The fourth-order valence-corrected chi connectivity index (χ4v) is 2.81. The first-order valence-corrected chi connectivity index (χ1v) is 6.88. The Balaban J connectivity index is 1.86. The highest BCUT2D eigenvalue weighted by Crippen LogP contribution is 2.16. The summed E-state index contributed by atoms with van der Waals surface area (Å²) < 4.78 is 1.86. The zero-order chi connectivity index (χ0) is 13.0. The summed E-state index contributed by atoms with van der Waals surface area (Å²) in [5.74, 6) is 0. The van der Waals surface area contributed by atoms with E-state index in [-0.39, 0.29) is 0 Å². The molecule has 0 aliphatic carbocycles. The zero-order valence-electron chi connectivity index (χ0n) is 10.7. The van der Waals surface area contributed by atoms with E-state index in [1.807, 2.05) is 35.2 Å². The van der Waals surface area contributed by atoms with Gasteiger partial charge in [0, 0.05) is 36.1 Å². The Morgan fingerprint density at radius 2 is 2.11 bits per heavy atom. The van der Waals surface area contributed by atoms with Crippen molar-refractivity contribution in [2.75, 3.05) is 0 Å². The normalized spacial score (nSPS) is 10.5. The SMILES string of the molecule is CCc1ccc(CNCc2cc(C#N)n(C)c2)s1. The topological polar surface area (TPSA) is 40.8 Å². The Labute approximate surface area is 112 Å². The smallest absolute Gasteiger partial charge is 0.120 e. The largest absolute Gasteiger partial charge is 0.342 e. The fraction of sp³-hybridized carbons (Fsp3) is 0.357. The van der Waals surface area contributed by atoms with Gasteiger partial charge in [-0.05, 0) is 30.2 Å². The summed E-state index contributed by atoms with van der Waals surface area (Å²) in [7, 11) is 1.90. The number of aryl methyl sites for hydroxylation is 2. The first-order valence-electron chi connectivity index (χ1n) is 6.06. The fourth-order valence-electron chi connectivity index (χ4n) is 1.88. The molecule has 1 N–H and O–H groups in total. The van der Waals surface area contributed by atoms with Gasteiger partial charge in [-0.3, -0.25) is 0 Å². The summed E-state index contributed by atoms with van der Waals surface area (Å²) in [6.45, 7) is 3.87. The van der Waals surface area contributed by atoms with E-state index in [9.17, 15) is 0 Å². The monoisotopic (exact) mass is 259 g/mol. The van der Waals surface area contributed by atoms with Gasteiger partial charge in [-0.15, -0.1) is 11.3 Å². The van der Waals surface area contributed by atoms with Crippen LogP contribution in [0, 0.1) is 11.3 Å². The molecule has 0 amide bonds. The Kier molecular flexibility index (Phi) is 4.19. The second-order valence-electron chi connectivity index (χ2n) is 4.28. The molecule has 3 nitrogen and oxygen atoms in total. The lowest BCUT2D eigenvalue weighted by molar-refractivity contribution is 0.699. The second kappa shape index (κ2) is 5.85. The Bertz CT molecular complexity index is 560. The van der Waals surface area contributed by atoms with Crippen molar-refractivity contribution in [2.45, 2.75) is 26.4 Å². The van der Waals surface area contributed by atoms with Crippen LogP contribution in [-0.4, -0.2) is 4.57 Å². The van der Waals surface area contributed by atoms with Crippen LogP contribution >= 0.6 is 11.3 Å². The molecular formula is C14H17N3S. The number of thiophene rings is 1. The van der Waals surface area contributed by atoms with E-state index in [1.165, 1.54) is 9.75 Å². The molecule has 2 heterocycles. The highest BCUT2D eigenvalue weighted by atomic mass is 32.1. The molecule has 0 unspecified atom stereocenters. The van der Waals surface area contributed by atoms with Crippen molar-refractivity contribution in [1.29, 1.82) is 5.26 Å². The number of nitriles is 1. The summed E-state index contributed by atoms with van der Waals surface area (Å²) in [5.41, 5.74) is 1.86. The van der Waals surface area contributed by atoms with Crippen molar-refractivity contribution in [2.24, 2.45) is 7.05 Å². The summed E-state index contributed by atoms with van der Waals surface area (Å²) in [5, 5.41) is 12.3. The number of aromatic nitrogens is 1. The predicted octanol–water partition coefficient (Wildman–Crippen LogP) is 2.81. The third kappa shape index (κ3) is 3.00. The van der Waals surface area contributed by atoms with E-state index >= 15 is 0 Å². The summed E-state index contributed by atoms with van der Waals surface area (Å²) in [6, 6.07) is 8.48. The zero-order valence-corrected chi connectivity index (χ0v) is 11.5. The first-order chi connectivity index (χ1) is 8.72. The average Bonchev–Trinajstić information content (AvgIpc) is 2.96. The van der Waals surface area contributed by atoms with Gasteiger partial charge in [0.1, 0.15) is 11.8 Å². The van der Waals surface area contributed by atoms with Crippen molar-refractivity contribution >= 4 is 11.3 Å². The van der Waals surface area contributed by atoms with Gasteiger partial charge in [-0.1, -0.05) is 6.92 Å². The number of hydrogen-bond donors (Lipinski definition) is 1. The third-order valence-electron chi connectivity index (χ3n) is 2.87. The van der Waals surface area contributed by atoms with Crippen molar-refractivity contribution in [1.82, 2.24) is 9.88 Å². The van der Waals surface area contributed by atoms with Crippen LogP contribution in [0.25, 0.3) is 0 Å². The number of nitrogens with one attached hydrogen (secondary N) is 1. The van der Waals surface area contributed by atoms with Gasteiger partial charge < -0.3 is 9.88 Å². The van der Waals surface area contributed by atoms with Crippen LogP contribution in [0.1, 0.15) is 27.9 Å². The molecular weight excluding hydrogens is 242 g/mol. The van der Waals surface area contributed by atoms with E-state index in [1.54, 1.807) is 0 Å². The van der Waals surface area contributed by atoms with Crippen LogP contribution in [0.4, 0.5) is 0 Å². The minimum absolute atomic E-state index is 0.705. The molecule has 0 aliphatic rings. The standard InChI is InChI=1S/C14H17N3S/c1-3-13-4-5-14(18-13)9-16-8-11-6-12(7-15)17(2)10-11/h4-6,10,16H,3,8-9H2,1-2H3. The van der Waals surface area contributed by atoms with Crippen molar-refractivity contribution in [3.05, 3.63) is 45.4 Å². The van der Waals surface area contributed by atoms with Crippen molar-refractivity contribution < 1.29 is 0 Å². The maximum Gasteiger partial charge on any atom is 0.120 e. The van der Waals surface area contributed by atoms with Crippen LogP contribution in [-0.2, 0) is 26.6 Å². The van der Waals surface area contributed by atoms with E-state index in [0.29, 0.717) is 5.69 Å². The molecule has 2 aromatic rings. The molecule has 0 aliphatic heterocycles. The van der Waals surface area contributed by atoms with Crippen molar-refractivity contribution in [3.63, 3.8) is 0 Å². The van der Waals surface area contributed by atoms with Crippen molar-refractivity contribution in [3.8, 4) is 6.07 Å². The van der Waals surface area contributed by atoms with E-state index in [2.05, 4.69) is 30.4 Å². The molecule has 0 fully saturated rings. The highest BCUT2D eigenvalue weighted by molar-refractivity contribution is 7.11.